The number of likely N-dealkylation sites (tertiary alicyclic amines) is 1. The minimum atomic E-state index is -0.569. The van der Waals surface area contributed by atoms with Gasteiger partial charge < -0.3 is 15.4 Å². The molecule has 1 fully saturated rings. The SMILES string of the molecule is CC(C)(C)OC(=O)N1CC(N)C(c2cccc(Cl)c2F)C1. The summed E-state index contributed by atoms with van der Waals surface area (Å²) in [5.74, 6) is -0.748. The van der Waals surface area contributed by atoms with Gasteiger partial charge in [0, 0.05) is 25.0 Å². The van der Waals surface area contributed by atoms with Gasteiger partial charge in [-0.05, 0) is 32.4 Å². The van der Waals surface area contributed by atoms with Crippen molar-refractivity contribution in [2.24, 2.45) is 5.73 Å². The Labute approximate surface area is 129 Å². The van der Waals surface area contributed by atoms with E-state index in [1.165, 1.54) is 11.0 Å². The number of nitrogens with two attached hydrogens (primary N) is 1. The Morgan fingerprint density at radius 3 is 2.71 bits per heavy atom. The van der Waals surface area contributed by atoms with Crippen molar-refractivity contribution >= 4 is 17.7 Å². The second-order valence-electron chi connectivity index (χ2n) is 6.30. The van der Waals surface area contributed by atoms with E-state index in [9.17, 15) is 9.18 Å². The van der Waals surface area contributed by atoms with E-state index in [1.54, 1.807) is 32.9 Å². The maximum Gasteiger partial charge on any atom is 0.410 e. The number of carbonyl (C=O) groups is 1. The first-order valence-corrected chi connectivity index (χ1v) is 7.24. The number of rotatable bonds is 1. The van der Waals surface area contributed by atoms with Gasteiger partial charge in [0.1, 0.15) is 11.4 Å². The molecule has 0 saturated carbocycles. The molecule has 0 bridgehead atoms. The van der Waals surface area contributed by atoms with Crippen molar-refractivity contribution in [1.82, 2.24) is 4.90 Å². The Morgan fingerprint density at radius 2 is 2.10 bits per heavy atom. The molecule has 2 atom stereocenters. The van der Waals surface area contributed by atoms with Gasteiger partial charge in [-0.15, -0.1) is 0 Å². The van der Waals surface area contributed by atoms with Gasteiger partial charge >= 0.3 is 6.09 Å². The van der Waals surface area contributed by atoms with Crippen LogP contribution in [0, 0.1) is 5.82 Å². The largest absolute Gasteiger partial charge is 0.444 e. The van der Waals surface area contributed by atoms with Crippen molar-refractivity contribution in [3.05, 3.63) is 34.6 Å². The molecule has 116 valence electrons. The van der Waals surface area contributed by atoms with Crippen molar-refractivity contribution in [3.8, 4) is 0 Å². The van der Waals surface area contributed by atoms with Gasteiger partial charge in [-0.3, -0.25) is 0 Å². The predicted octanol–water partition coefficient (Wildman–Crippen LogP) is 3.14. The summed E-state index contributed by atoms with van der Waals surface area (Å²) >= 11 is 5.80. The van der Waals surface area contributed by atoms with Crippen molar-refractivity contribution in [3.63, 3.8) is 0 Å². The van der Waals surface area contributed by atoms with Crippen LogP contribution in [0.25, 0.3) is 0 Å². The smallest absolute Gasteiger partial charge is 0.410 e. The van der Waals surface area contributed by atoms with E-state index in [4.69, 9.17) is 22.1 Å². The van der Waals surface area contributed by atoms with E-state index in [-0.39, 0.29) is 17.0 Å². The number of hydrogen-bond acceptors (Lipinski definition) is 3. The number of halogens is 2. The third-order valence-electron chi connectivity index (χ3n) is 3.40. The number of amides is 1. The summed E-state index contributed by atoms with van der Waals surface area (Å²) in [7, 11) is 0. The molecule has 1 aromatic carbocycles. The van der Waals surface area contributed by atoms with Crippen LogP contribution in [0.3, 0.4) is 0 Å². The topological polar surface area (TPSA) is 55.6 Å². The summed E-state index contributed by atoms with van der Waals surface area (Å²) < 4.78 is 19.4. The zero-order chi connectivity index (χ0) is 15.8. The molecule has 0 spiro atoms. The van der Waals surface area contributed by atoms with Crippen molar-refractivity contribution in [2.45, 2.75) is 38.3 Å². The van der Waals surface area contributed by atoms with E-state index < -0.39 is 17.5 Å². The van der Waals surface area contributed by atoms with Gasteiger partial charge in [0.05, 0.1) is 5.02 Å². The first-order valence-electron chi connectivity index (χ1n) is 6.86. The van der Waals surface area contributed by atoms with E-state index in [1.807, 2.05) is 0 Å². The highest BCUT2D eigenvalue weighted by molar-refractivity contribution is 6.30. The molecule has 1 aromatic rings. The Kier molecular flexibility index (Phi) is 4.44. The molecule has 21 heavy (non-hydrogen) atoms. The summed E-state index contributed by atoms with van der Waals surface area (Å²) in [6, 6.07) is 4.49. The molecule has 2 unspecified atom stereocenters. The Morgan fingerprint density at radius 1 is 1.43 bits per heavy atom. The monoisotopic (exact) mass is 314 g/mol. The fraction of sp³-hybridized carbons (Fsp3) is 0.533. The molecule has 2 N–H and O–H groups in total. The average Bonchev–Trinajstić information content (AvgIpc) is 2.73. The summed E-state index contributed by atoms with van der Waals surface area (Å²) in [6.45, 7) is 6.07. The fourth-order valence-electron chi connectivity index (χ4n) is 2.44. The summed E-state index contributed by atoms with van der Waals surface area (Å²) in [5, 5.41) is 0.0652. The molecule has 4 nitrogen and oxygen atoms in total. The molecule has 2 rings (SSSR count). The summed E-state index contributed by atoms with van der Waals surface area (Å²) in [5.41, 5.74) is 5.94. The van der Waals surface area contributed by atoms with Gasteiger partial charge in [-0.2, -0.15) is 0 Å². The molecular weight excluding hydrogens is 295 g/mol. The third kappa shape index (κ3) is 3.66. The molecule has 1 saturated heterocycles. The third-order valence-corrected chi connectivity index (χ3v) is 3.69. The average molecular weight is 315 g/mol. The Hall–Kier alpha value is -1.33. The van der Waals surface area contributed by atoms with Crippen molar-refractivity contribution < 1.29 is 13.9 Å². The minimum Gasteiger partial charge on any atom is -0.444 e. The van der Waals surface area contributed by atoms with Crippen LogP contribution in [0.4, 0.5) is 9.18 Å². The van der Waals surface area contributed by atoms with Gasteiger partial charge in [0.25, 0.3) is 0 Å². The lowest BCUT2D eigenvalue weighted by molar-refractivity contribution is 0.0290. The van der Waals surface area contributed by atoms with Crippen LogP contribution < -0.4 is 5.73 Å². The van der Waals surface area contributed by atoms with Crippen LogP contribution in [0.5, 0.6) is 0 Å². The summed E-state index contributed by atoms with van der Waals surface area (Å²) in [4.78, 5) is 13.6. The molecule has 0 aliphatic carbocycles. The summed E-state index contributed by atoms with van der Waals surface area (Å²) in [6.07, 6.45) is -0.428. The number of benzene rings is 1. The Bertz CT molecular complexity index is 545. The maximum absolute atomic E-state index is 14.1. The highest BCUT2D eigenvalue weighted by atomic mass is 35.5. The van der Waals surface area contributed by atoms with Crippen LogP contribution in [0.15, 0.2) is 18.2 Å². The minimum absolute atomic E-state index is 0.0652. The molecule has 0 radical (unpaired) electrons. The number of nitrogens with zero attached hydrogens (tertiary/aromatic N) is 1. The molecule has 1 aliphatic heterocycles. The molecule has 1 amide bonds. The first-order chi connectivity index (χ1) is 9.69. The second kappa shape index (κ2) is 5.81. The van der Waals surface area contributed by atoms with E-state index >= 15 is 0 Å². The fourth-order valence-corrected chi connectivity index (χ4v) is 2.62. The van der Waals surface area contributed by atoms with Crippen molar-refractivity contribution in [1.29, 1.82) is 0 Å². The predicted molar refractivity (Wildman–Crippen MR) is 79.9 cm³/mol. The highest BCUT2D eigenvalue weighted by Gasteiger charge is 2.37. The normalized spacial score (nSPS) is 22.5. The van der Waals surface area contributed by atoms with Crippen LogP contribution in [-0.4, -0.2) is 35.7 Å². The lowest BCUT2D eigenvalue weighted by atomic mass is 9.94. The molecular formula is C15H20ClFN2O2. The maximum atomic E-state index is 14.1. The molecule has 6 heteroatoms. The second-order valence-corrected chi connectivity index (χ2v) is 6.71. The van der Waals surface area contributed by atoms with Crippen LogP contribution in [-0.2, 0) is 4.74 Å². The zero-order valence-corrected chi connectivity index (χ0v) is 13.2. The number of ether oxygens (including phenoxy) is 1. The quantitative estimate of drug-likeness (QED) is 0.866. The van der Waals surface area contributed by atoms with E-state index in [0.717, 1.165) is 0 Å². The van der Waals surface area contributed by atoms with Crippen molar-refractivity contribution in [2.75, 3.05) is 13.1 Å². The van der Waals surface area contributed by atoms with Gasteiger partial charge in [0.15, 0.2) is 0 Å². The van der Waals surface area contributed by atoms with Gasteiger partial charge in [-0.1, -0.05) is 23.7 Å². The standard InChI is InChI=1S/C15H20ClFN2O2/c1-15(2,3)21-14(20)19-7-10(12(18)8-19)9-5-4-6-11(16)13(9)17/h4-6,10,12H,7-8,18H2,1-3H3. The number of hydrogen-bond donors (Lipinski definition) is 1. The van der Waals surface area contributed by atoms with E-state index in [2.05, 4.69) is 0 Å². The Balaban J connectivity index is 2.15. The lowest BCUT2D eigenvalue weighted by Crippen LogP contribution is -2.36. The van der Waals surface area contributed by atoms with Crippen LogP contribution in [0.1, 0.15) is 32.3 Å². The van der Waals surface area contributed by atoms with Gasteiger partial charge in [-0.25, -0.2) is 9.18 Å². The van der Waals surface area contributed by atoms with E-state index in [0.29, 0.717) is 18.7 Å². The van der Waals surface area contributed by atoms with Crippen LogP contribution >= 0.6 is 11.6 Å². The van der Waals surface area contributed by atoms with Gasteiger partial charge in [0.2, 0.25) is 0 Å². The molecule has 1 heterocycles. The molecule has 1 aliphatic rings. The first kappa shape index (κ1) is 16.0. The highest BCUT2D eigenvalue weighted by Crippen LogP contribution is 2.31. The lowest BCUT2D eigenvalue weighted by Gasteiger charge is -2.24. The molecule has 0 aromatic heterocycles. The number of carbonyl (C=O) groups excluding carboxylic acids is 1. The van der Waals surface area contributed by atoms with Crippen LogP contribution in [0.2, 0.25) is 5.02 Å². The zero-order valence-electron chi connectivity index (χ0n) is 12.4.